The van der Waals surface area contributed by atoms with Crippen molar-refractivity contribution in [1.82, 2.24) is 19.7 Å². The highest BCUT2D eigenvalue weighted by Crippen LogP contribution is 2.34. The maximum Gasteiger partial charge on any atom is 0.262 e. The number of fused-ring (bicyclic) bond motifs is 2. The number of hydrogen-bond acceptors (Lipinski definition) is 6. The quantitative estimate of drug-likeness (QED) is 0.419. The lowest BCUT2D eigenvalue weighted by molar-refractivity contribution is -0.118. The second-order valence-electron chi connectivity index (χ2n) is 7.58. The Morgan fingerprint density at radius 1 is 1.09 bits per heavy atom. The standard InChI is InChI=1S/C24H21N5O2S/c1-14-12-15(2)25-22-21(14)23(28-29(22)3)31-13-20(30)26-17-9-5-4-8-16(17)24-27-18-10-6-7-11-19(18)32-24/h4-12H,13H2,1-3H3,(H,26,30). The number of hydrogen-bond donors (Lipinski definition) is 1. The number of thiazole rings is 1. The zero-order valence-corrected chi connectivity index (χ0v) is 18.7. The maximum absolute atomic E-state index is 12.7. The normalized spacial score (nSPS) is 11.2. The van der Waals surface area contributed by atoms with Gasteiger partial charge in [-0.25, -0.2) is 14.6 Å². The maximum atomic E-state index is 12.7. The average Bonchev–Trinajstić information content (AvgIpc) is 3.34. The van der Waals surface area contributed by atoms with Gasteiger partial charge in [0, 0.05) is 18.3 Å². The summed E-state index contributed by atoms with van der Waals surface area (Å²) in [6, 6.07) is 17.6. The first-order chi connectivity index (χ1) is 15.5. The highest BCUT2D eigenvalue weighted by molar-refractivity contribution is 7.21. The van der Waals surface area contributed by atoms with Crippen LogP contribution in [0.15, 0.2) is 54.6 Å². The lowest BCUT2D eigenvalue weighted by atomic mass is 10.2. The number of nitrogens with zero attached hydrogens (tertiary/aromatic N) is 4. The molecular formula is C24H21N5O2S. The van der Waals surface area contributed by atoms with E-state index >= 15 is 0 Å². The molecule has 0 saturated heterocycles. The number of carbonyl (C=O) groups excluding carboxylic acids is 1. The number of para-hydroxylation sites is 2. The number of aromatic nitrogens is 4. The van der Waals surface area contributed by atoms with E-state index < -0.39 is 0 Å². The molecule has 0 spiro atoms. The van der Waals surface area contributed by atoms with Crippen LogP contribution < -0.4 is 10.1 Å². The number of nitrogens with one attached hydrogen (secondary N) is 1. The van der Waals surface area contributed by atoms with Gasteiger partial charge in [0.25, 0.3) is 5.91 Å². The van der Waals surface area contributed by atoms with Crippen LogP contribution in [0.1, 0.15) is 11.3 Å². The van der Waals surface area contributed by atoms with Gasteiger partial charge in [-0.3, -0.25) is 4.79 Å². The Morgan fingerprint density at radius 2 is 1.88 bits per heavy atom. The zero-order chi connectivity index (χ0) is 22.2. The fourth-order valence-electron chi connectivity index (χ4n) is 3.74. The van der Waals surface area contributed by atoms with Crippen LogP contribution in [0.3, 0.4) is 0 Å². The Labute approximate surface area is 188 Å². The molecule has 0 aliphatic heterocycles. The van der Waals surface area contributed by atoms with Gasteiger partial charge < -0.3 is 10.1 Å². The Morgan fingerprint density at radius 3 is 2.72 bits per heavy atom. The second kappa shape index (κ2) is 8.05. The SMILES string of the molecule is Cc1cc(C)c2c(OCC(=O)Nc3ccccc3-c3nc4ccccc4s3)nn(C)c2n1. The molecule has 8 heteroatoms. The van der Waals surface area contributed by atoms with Crippen LogP contribution in [0.25, 0.3) is 31.8 Å². The minimum Gasteiger partial charge on any atom is -0.466 e. The first kappa shape index (κ1) is 20.1. The van der Waals surface area contributed by atoms with Crippen molar-refractivity contribution in [2.24, 2.45) is 7.05 Å². The summed E-state index contributed by atoms with van der Waals surface area (Å²) in [5, 5.41) is 9.04. The largest absolute Gasteiger partial charge is 0.466 e. The molecule has 0 aliphatic carbocycles. The summed E-state index contributed by atoms with van der Waals surface area (Å²) in [6.07, 6.45) is 0. The number of aryl methyl sites for hydroxylation is 3. The monoisotopic (exact) mass is 443 g/mol. The third-order valence-corrected chi connectivity index (χ3v) is 6.22. The molecule has 3 heterocycles. The molecule has 5 aromatic rings. The highest BCUT2D eigenvalue weighted by Gasteiger charge is 2.17. The predicted molar refractivity (Wildman–Crippen MR) is 127 cm³/mol. The number of ether oxygens (including phenoxy) is 1. The Balaban J connectivity index is 1.36. The smallest absolute Gasteiger partial charge is 0.262 e. The van der Waals surface area contributed by atoms with E-state index in [1.165, 1.54) is 0 Å². The number of benzene rings is 2. The van der Waals surface area contributed by atoms with E-state index in [4.69, 9.17) is 9.72 Å². The minimum atomic E-state index is -0.268. The molecule has 0 unspecified atom stereocenters. The van der Waals surface area contributed by atoms with Crippen molar-refractivity contribution in [2.45, 2.75) is 13.8 Å². The summed E-state index contributed by atoms with van der Waals surface area (Å²) >= 11 is 1.60. The molecule has 0 bridgehead atoms. The van der Waals surface area contributed by atoms with Crippen molar-refractivity contribution in [2.75, 3.05) is 11.9 Å². The third-order valence-electron chi connectivity index (χ3n) is 5.15. The Bertz CT molecular complexity index is 1440. The zero-order valence-electron chi connectivity index (χ0n) is 17.9. The minimum absolute atomic E-state index is 0.159. The van der Waals surface area contributed by atoms with Crippen LogP contribution in [0.5, 0.6) is 5.88 Å². The highest BCUT2D eigenvalue weighted by atomic mass is 32.1. The number of anilines is 1. The topological polar surface area (TPSA) is 81.9 Å². The van der Waals surface area contributed by atoms with E-state index in [0.29, 0.717) is 11.6 Å². The van der Waals surface area contributed by atoms with Crippen LogP contribution in [-0.4, -0.2) is 32.3 Å². The van der Waals surface area contributed by atoms with Crippen molar-refractivity contribution >= 4 is 44.2 Å². The molecule has 0 radical (unpaired) electrons. The summed E-state index contributed by atoms with van der Waals surface area (Å²) in [4.78, 5) is 22.0. The van der Waals surface area contributed by atoms with E-state index in [1.807, 2.05) is 75.5 Å². The van der Waals surface area contributed by atoms with Gasteiger partial charge in [-0.2, -0.15) is 0 Å². The molecule has 160 valence electrons. The lowest BCUT2D eigenvalue weighted by Crippen LogP contribution is -2.20. The van der Waals surface area contributed by atoms with Crippen LogP contribution in [0.4, 0.5) is 5.69 Å². The molecule has 1 N–H and O–H groups in total. The first-order valence-corrected chi connectivity index (χ1v) is 11.0. The van der Waals surface area contributed by atoms with Gasteiger partial charge in [0.05, 0.1) is 21.3 Å². The van der Waals surface area contributed by atoms with Gasteiger partial charge in [-0.05, 0) is 49.7 Å². The molecule has 0 fully saturated rings. The second-order valence-corrected chi connectivity index (χ2v) is 8.61. The van der Waals surface area contributed by atoms with Crippen molar-refractivity contribution in [3.63, 3.8) is 0 Å². The molecule has 5 rings (SSSR count). The van der Waals surface area contributed by atoms with E-state index in [1.54, 1.807) is 16.0 Å². The summed E-state index contributed by atoms with van der Waals surface area (Å²) in [6.45, 7) is 3.77. The van der Waals surface area contributed by atoms with Crippen molar-refractivity contribution < 1.29 is 9.53 Å². The van der Waals surface area contributed by atoms with Gasteiger partial charge in [0.1, 0.15) is 5.01 Å². The number of amides is 1. The fraction of sp³-hybridized carbons (Fsp3) is 0.167. The number of pyridine rings is 1. The van der Waals surface area contributed by atoms with Gasteiger partial charge in [0.15, 0.2) is 12.3 Å². The number of carbonyl (C=O) groups is 1. The molecule has 2 aromatic carbocycles. The van der Waals surface area contributed by atoms with Gasteiger partial charge in [0.2, 0.25) is 5.88 Å². The van der Waals surface area contributed by atoms with E-state index in [9.17, 15) is 4.79 Å². The van der Waals surface area contributed by atoms with Crippen molar-refractivity contribution in [3.05, 3.63) is 65.9 Å². The van der Waals surface area contributed by atoms with Crippen LogP contribution in [0, 0.1) is 13.8 Å². The van der Waals surface area contributed by atoms with Gasteiger partial charge >= 0.3 is 0 Å². The molecular weight excluding hydrogens is 422 g/mol. The molecule has 7 nitrogen and oxygen atoms in total. The molecule has 0 saturated carbocycles. The summed E-state index contributed by atoms with van der Waals surface area (Å²) in [7, 11) is 1.81. The molecule has 3 aromatic heterocycles. The van der Waals surface area contributed by atoms with E-state index in [2.05, 4.69) is 15.4 Å². The van der Waals surface area contributed by atoms with Crippen LogP contribution in [0.2, 0.25) is 0 Å². The molecule has 32 heavy (non-hydrogen) atoms. The predicted octanol–water partition coefficient (Wildman–Crippen LogP) is 4.88. The van der Waals surface area contributed by atoms with E-state index in [-0.39, 0.29) is 12.5 Å². The van der Waals surface area contributed by atoms with Crippen molar-refractivity contribution in [1.29, 1.82) is 0 Å². The van der Waals surface area contributed by atoms with Crippen LogP contribution in [-0.2, 0) is 11.8 Å². The molecule has 1 amide bonds. The number of rotatable bonds is 5. The third kappa shape index (κ3) is 3.69. The fourth-order valence-corrected chi connectivity index (χ4v) is 4.74. The van der Waals surface area contributed by atoms with Crippen LogP contribution >= 0.6 is 11.3 Å². The molecule has 0 aliphatic rings. The van der Waals surface area contributed by atoms with Crippen molar-refractivity contribution in [3.8, 4) is 16.5 Å². The summed E-state index contributed by atoms with van der Waals surface area (Å²) < 4.78 is 8.57. The van der Waals surface area contributed by atoms with Gasteiger partial charge in [-0.15, -0.1) is 16.4 Å². The summed E-state index contributed by atoms with van der Waals surface area (Å²) in [5.74, 6) is 0.136. The molecule has 0 atom stereocenters. The summed E-state index contributed by atoms with van der Waals surface area (Å²) in [5.41, 5.74) is 5.17. The Kier molecular flexibility index (Phi) is 5.07. The Hall–Kier alpha value is -3.78. The van der Waals surface area contributed by atoms with E-state index in [0.717, 1.165) is 43.1 Å². The average molecular weight is 444 g/mol. The van der Waals surface area contributed by atoms with Gasteiger partial charge in [-0.1, -0.05) is 24.3 Å². The first-order valence-electron chi connectivity index (χ1n) is 10.2. The lowest BCUT2D eigenvalue weighted by Gasteiger charge is -2.10.